The molecule has 0 fully saturated rings. The van der Waals surface area contributed by atoms with Gasteiger partial charge < -0.3 is 10.5 Å². The average Bonchev–Trinajstić information content (AvgIpc) is 2.44. The van der Waals surface area contributed by atoms with Crippen LogP contribution in [0.1, 0.15) is 27.3 Å². The van der Waals surface area contributed by atoms with Gasteiger partial charge in [0.25, 0.3) is 0 Å². The van der Waals surface area contributed by atoms with E-state index in [2.05, 4.69) is 9.72 Å². The number of thiazole rings is 1. The van der Waals surface area contributed by atoms with E-state index in [9.17, 15) is 4.79 Å². The number of hydrogen-bond acceptors (Lipinski definition) is 5. The quantitative estimate of drug-likeness (QED) is 0.766. The molecule has 1 unspecified atom stereocenters. The minimum absolute atomic E-state index is 0.0612. The highest BCUT2D eigenvalue weighted by Gasteiger charge is 2.15. The van der Waals surface area contributed by atoms with Crippen molar-refractivity contribution in [3.8, 4) is 0 Å². The molecule has 0 aliphatic heterocycles. The first-order valence-corrected chi connectivity index (χ1v) is 5.16. The van der Waals surface area contributed by atoms with Crippen molar-refractivity contribution in [2.75, 3.05) is 7.11 Å². The predicted molar refractivity (Wildman–Crippen MR) is 55.5 cm³/mol. The van der Waals surface area contributed by atoms with Gasteiger partial charge in [0.2, 0.25) is 0 Å². The second kappa shape index (κ2) is 4.52. The summed E-state index contributed by atoms with van der Waals surface area (Å²) in [6, 6.07) is 0.0612. The summed E-state index contributed by atoms with van der Waals surface area (Å²) in [6.45, 7) is 3.77. The number of hydrogen-bond donors (Lipinski definition) is 1. The minimum atomic E-state index is -0.380. The number of aryl methyl sites for hydroxylation is 1. The zero-order chi connectivity index (χ0) is 10.7. The molecular formula is C9H14N2O2S. The number of esters is 1. The van der Waals surface area contributed by atoms with E-state index in [1.807, 2.05) is 13.8 Å². The van der Waals surface area contributed by atoms with Gasteiger partial charge in [-0.3, -0.25) is 0 Å². The van der Waals surface area contributed by atoms with Crippen LogP contribution in [-0.2, 0) is 11.2 Å². The molecule has 1 atom stereocenters. The summed E-state index contributed by atoms with van der Waals surface area (Å²) in [4.78, 5) is 16.3. The van der Waals surface area contributed by atoms with Crippen molar-refractivity contribution in [3.63, 3.8) is 0 Å². The van der Waals surface area contributed by atoms with Crippen LogP contribution in [0.4, 0.5) is 0 Å². The Balaban J connectivity index is 2.87. The Morgan fingerprint density at radius 1 is 1.71 bits per heavy atom. The van der Waals surface area contributed by atoms with Crippen LogP contribution in [0.15, 0.2) is 0 Å². The molecular weight excluding hydrogens is 200 g/mol. The Kier molecular flexibility index (Phi) is 3.60. The molecule has 14 heavy (non-hydrogen) atoms. The van der Waals surface area contributed by atoms with Gasteiger partial charge in [-0.25, -0.2) is 9.78 Å². The molecule has 0 aromatic carbocycles. The number of nitrogens with two attached hydrogens (primary N) is 1. The fourth-order valence-electron chi connectivity index (χ4n) is 1.10. The Hall–Kier alpha value is -0.940. The molecule has 0 amide bonds. The molecule has 1 aromatic rings. The number of aromatic nitrogens is 1. The highest BCUT2D eigenvalue weighted by molar-refractivity contribution is 7.11. The zero-order valence-corrected chi connectivity index (χ0v) is 9.35. The molecule has 0 aliphatic rings. The molecule has 0 bridgehead atoms. The molecule has 1 aromatic heterocycles. The second-order valence-corrected chi connectivity index (χ2v) is 4.47. The predicted octanol–water partition coefficient (Wildman–Crippen LogP) is 1.13. The number of carbonyl (C=O) groups excluding carboxylic acids is 1. The van der Waals surface area contributed by atoms with Crippen molar-refractivity contribution in [3.05, 3.63) is 15.6 Å². The Morgan fingerprint density at radius 2 is 2.36 bits per heavy atom. The summed E-state index contributed by atoms with van der Waals surface area (Å²) in [7, 11) is 1.35. The molecule has 0 aliphatic carbocycles. The van der Waals surface area contributed by atoms with Crippen molar-refractivity contribution in [2.45, 2.75) is 26.3 Å². The minimum Gasteiger partial charge on any atom is -0.464 e. The number of rotatable bonds is 3. The van der Waals surface area contributed by atoms with Crippen LogP contribution < -0.4 is 5.73 Å². The van der Waals surface area contributed by atoms with Crippen molar-refractivity contribution >= 4 is 17.3 Å². The summed E-state index contributed by atoms with van der Waals surface area (Å²) in [5.41, 5.74) is 6.05. The first kappa shape index (κ1) is 11.1. The molecule has 5 heteroatoms. The molecule has 0 spiro atoms. The number of methoxy groups -OCH3 is 1. The van der Waals surface area contributed by atoms with Gasteiger partial charge in [-0.2, -0.15) is 0 Å². The largest absolute Gasteiger partial charge is 0.464 e. The molecule has 0 radical (unpaired) electrons. The van der Waals surface area contributed by atoms with Gasteiger partial charge in [0.1, 0.15) is 0 Å². The van der Waals surface area contributed by atoms with Crippen molar-refractivity contribution in [1.29, 1.82) is 0 Å². The van der Waals surface area contributed by atoms with Crippen molar-refractivity contribution in [1.82, 2.24) is 4.98 Å². The molecule has 1 heterocycles. The summed E-state index contributed by atoms with van der Waals surface area (Å²) in [5.74, 6) is -0.380. The lowest BCUT2D eigenvalue weighted by Crippen LogP contribution is -2.17. The number of carbonyl (C=O) groups is 1. The van der Waals surface area contributed by atoms with E-state index < -0.39 is 0 Å². The van der Waals surface area contributed by atoms with E-state index in [4.69, 9.17) is 5.73 Å². The summed E-state index contributed by atoms with van der Waals surface area (Å²) in [5, 5.41) is 0.887. The van der Waals surface area contributed by atoms with Crippen LogP contribution >= 0.6 is 11.3 Å². The van der Waals surface area contributed by atoms with Crippen molar-refractivity contribution in [2.24, 2.45) is 5.73 Å². The van der Waals surface area contributed by atoms with Gasteiger partial charge >= 0.3 is 5.97 Å². The third kappa shape index (κ3) is 2.52. The van der Waals surface area contributed by atoms with Crippen LogP contribution in [0.3, 0.4) is 0 Å². The second-order valence-electron chi connectivity index (χ2n) is 3.19. The highest BCUT2D eigenvalue weighted by atomic mass is 32.1. The average molecular weight is 214 g/mol. The van der Waals surface area contributed by atoms with Crippen molar-refractivity contribution < 1.29 is 9.53 Å². The summed E-state index contributed by atoms with van der Waals surface area (Å²) in [6.07, 6.45) is 0.697. The van der Waals surface area contributed by atoms with Gasteiger partial charge in [0.15, 0.2) is 5.69 Å². The lowest BCUT2D eigenvalue weighted by Gasteiger charge is -1.98. The number of ether oxygens (including phenoxy) is 1. The third-order valence-electron chi connectivity index (χ3n) is 1.72. The van der Waals surface area contributed by atoms with E-state index in [0.717, 1.165) is 9.88 Å². The molecule has 2 N–H and O–H groups in total. The fraction of sp³-hybridized carbons (Fsp3) is 0.556. The van der Waals surface area contributed by atoms with Crippen LogP contribution in [0, 0.1) is 6.92 Å². The van der Waals surface area contributed by atoms with E-state index in [1.54, 1.807) is 0 Å². The van der Waals surface area contributed by atoms with E-state index in [-0.39, 0.29) is 12.0 Å². The molecule has 0 saturated carbocycles. The Morgan fingerprint density at radius 3 is 2.86 bits per heavy atom. The van der Waals surface area contributed by atoms with E-state index >= 15 is 0 Å². The first-order valence-electron chi connectivity index (χ1n) is 4.34. The number of nitrogens with zero attached hydrogens (tertiary/aromatic N) is 1. The summed E-state index contributed by atoms with van der Waals surface area (Å²) >= 11 is 1.49. The van der Waals surface area contributed by atoms with Gasteiger partial charge in [-0.05, 0) is 13.8 Å². The van der Waals surface area contributed by atoms with Gasteiger partial charge in [-0.1, -0.05) is 0 Å². The van der Waals surface area contributed by atoms with Crippen LogP contribution in [0.5, 0.6) is 0 Å². The van der Waals surface area contributed by atoms with E-state index in [0.29, 0.717) is 12.1 Å². The van der Waals surface area contributed by atoms with Gasteiger partial charge in [0, 0.05) is 17.3 Å². The standard InChI is InChI=1S/C9H14N2O2S/c1-5(10)4-7-11-8(6(2)14-7)9(12)13-3/h5H,4,10H2,1-3H3. The van der Waals surface area contributed by atoms with Crippen LogP contribution in [0.2, 0.25) is 0 Å². The molecule has 4 nitrogen and oxygen atoms in total. The highest BCUT2D eigenvalue weighted by Crippen LogP contribution is 2.19. The lowest BCUT2D eigenvalue weighted by atomic mass is 10.3. The van der Waals surface area contributed by atoms with E-state index in [1.165, 1.54) is 18.4 Å². The fourth-order valence-corrected chi connectivity index (χ4v) is 2.16. The molecule has 78 valence electrons. The summed E-state index contributed by atoms with van der Waals surface area (Å²) < 4.78 is 4.61. The maximum absolute atomic E-state index is 11.2. The zero-order valence-electron chi connectivity index (χ0n) is 8.53. The SMILES string of the molecule is COC(=O)c1nc(CC(C)N)sc1C. The Labute approximate surface area is 87.1 Å². The maximum atomic E-state index is 11.2. The molecule has 0 saturated heterocycles. The monoisotopic (exact) mass is 214 g/mol. The smallest absolute Gasteiger partial charge is 0.357 e. The third-order valence-corrected chi connectivity index (χ3v) is 2.71. The maximum Gasteiger partial charge on any atom is 0.357 e. The van der Waals surface area contributed by atoms with Gasteiger partial charge in [0.05, 0.1) is 12.1 Å². The normalized spacial score (nSPS) is 12.6. The topological polar surface area (TPSA) is 65.2 Å². The first-order chi connectivity index (χ1) is 6.54. The lowest BCUT2D eigenvalue weighted by molar-refractivity contribution is 0.0594. The Bertz CT molecular complexity index is 334. The van der Waals surface area contributed by atoms with Gasteiger partial charge in [-0.15, -0.1) is 11.3 Å². The molecule has 1 rings (SSSR count). The van der Waals surface area contributed by atoms with Crippen LogP contribution in [-0.4, -0.2) is 24.1 Å². The van der Waals surface area contributed by atoms with Crippen LogP contribution in [0.25, 0.3) is 0 Å².